The smallest absolute Gasteiger partial charge is 0.222 e. The summed E-state index contributed by atoms with van der Waals surface area (Å²) < 4.78 is 13.3. The van der Waals surface area contributed by atoms with Crippen molar-refractivity contribution in [2.45, 2.75) is 26.2 Å². The van der Waals surface area contributed by atoms with Crippen LogP contribution in [-0.2, 0) is 11.2 Å². The van der Waals surface area contributed by atoms with Gasteiger partial charge in [-0.15, -0.1) is 0 Å². The number of rotatable bonds is 6. The number of piperazine rings is 1. The molecule has 7 heteroatoms. The maximum atomic E-state index is 13.3. The van der Waals surface area contributed by atoms with Crippen molar-refractivity contribution in [3.63, 3.8) is 0 Å². The van der Waals surface area contributed by atoms with Crippen LogP contribution in [0.2, 0.25) is 0 Å². The number of anilines is 1. The Hall–Kier alpha value is -3.74. The van der Waals surface area contributed by atoms with Gasteiger partial charge in [-0.1, -0.05) is 29.8 Å². The summed E-state index contributed by atoms with van der Waals surface area (Å²) >= 11 is 0. The molecule has 3 heterocycles. The number of aromatic amines is 1. The van der Waals surface area contributed by atoms with Crippen molar-refractivity contribution < 1.29 is 9.18 Å². The number of carbonyl (C=O) groups excluding carboxylic acids is 1. The third-order valence-electron chi connectivity index (χ3n) is 6.47. The highest BCUT2D eigenvalue weighted by atomic mass is 19.1. The number of H-pyrrole nitrogens is 1. The highest BCUT2D eigenvalue weighted by molar-refractivity contribution is 5.92. The van der Waals surface area contributed by atoms with E-state index in [0.717, 1.165) is 54.0 Å². The van der Waals surface area contributed by atoms with Gasteiger partial charge in [-0.25, -0.2) is 14.4 Å². The number of hydrogen-bond acceptors (Lipinski definition) is 4. The second-order valence-corrected chi connectivity index (χ2v) is 8.86. The van der Waals surface area contributed by atoms with Gasteiger partial charge >= 0.3 is 0 Å². The van der Waals surface area contributed by atoms with Crippen molar-refractivity contribution in [1.82, 2.24) is 19.9 Å². The maximum Gasteiger partial charge on any atom is 0.222 e. The highest BCUT2D eigenvalue weighted by Crippen LogP contribution is 2.29. The van der Waals surface area contributed by atoms with Crippen LogP contribution in [0.5, 0.6) is 0 Å². The van der Waals surface area contributed by atoms with Crippen molar-refractivity contribution in [2.24, 2.45) is 0 Å². The minimum atomic E-state index is -0.261. The van der Waals surface area contributed by atoms with Gasteiger partial charge in [-0.3, -0.25) is 4.79 Å². The molecule has 1 amide bonds. The molecular weight excluding hydrogens is 429 g/mol. The van der Waals surface area contributed by atoms with Crippen LogP contribution in [0.15, 0.2) is 60.9 Å². The molecule has 6 nitrogen and oxygen atoms in total. The fourth-order valence-electron chi connectivity index (χ4n) is 4.49. The fourth-order valence-corrected chi connectivity index (χ4v) is 4.49. The first-order valence-electron chi connectivity index (χ1n) is 11.7. The van der Waals surface area contributed by atoms with Gasteiger partial charge in [-0.2, -0.15) is 0 Å². The summed E-state index contributed by atoms with van der Waals surface area (Å²) in [5.41, 5.74) is 5.05. The molecule has 1 aliphatic rings. The van der Waals surface area contributed by atoms with Crippen LogP contribution < -0.4 is 4.90 Å². The number of aryl methyl sites for hydroxylation is 2. The highest BCUT2D eigenvalue weighted by Gasteiger charge is 2.23. The number of carbonyl (C=O) groups is 1. The standard InChI is InChI=1S/C27H28FN5O/c1-19-5-7-20(8-6-19)3-2-4-25(34)32-13-15-33(16-14-32)27-23-17-24(31-26(23)29-18-30-27)21-9-11-22(28)12-10-21/h5-12,17-18H,2-4,13-16H2,1H3,(H,29,30,31). The van der Waals surface area contributed by atoms with Crippen molar-refractivity contribution in [3.05, 3.63) is 77.9 Å². The minimum absolute atomic E-state index is 0.222. The first kappa shape index (κ1) is 22.1. The number of hydrogen-bond donors (Lipinski definition) is 1. The molecule has 1 saturated heterocycles. The Morgan fingerprint density at radius 3 is 2.47 bits per heavy atom. The number of benzene rings is 2. The van der Waals surface area contributed by atoms with Gasteiger partial charge in [0.15, 0.2) is 0 Å². The van der Waals surface area contributed by atoms with Crippen LogP contribution >= 0.6 is 0 Å². The number of aromatic nitrogens is 3. The molecule has 5 rings (SSSR count). The monoisotopic (exact) mass is 457 g/mol. The molecule has 0 spiro atoms. The molecule has 0 saturated carbocycles. The van der Waals surface area contributed by atoms with E-state index in [4.69, 9.17) is 0 Å². The van der Waals surface area contributed by atoms with E-state index in [1.165, 1.54) is 23.3 Å². The van der Waals surface area contributed by atoms with Crippen LogP contribution in [0.1, 0.15) is 24.0 Å². The van der Waals surface area contributed by atoms with Crippen LogP contribution in [0.3, 0.4) is 0 Å². The Balaban J connectivity index is 1.20. The maximum absolute atomic E-state index is 13.3. The zero-order valence-electron chi connectivity index (χ0n) is 19.3. The average molecular weight is 458 g/mol. The Morgan fingerprint density at radius 1 is 1.00 bits per heavy atom. The topological polar surface area (TPSA) is 65.1 Å². The van der Waals surface area contributed by atoms with Gasteiger partial charge in [0.2, 0.25) is 5.91 Å². The molecule has 2 aromatic heterocycles. The van der Waals surface area contributed by atoms with E-state index in [9.17, 15) is 9.18 Å². The summed E-state index contributed by atoms with van der Waals surface area (Å²) in [6.45, 7) is 4.91. The lowest BCUT2D eigenvalue weighted by atomic mass is 10.1. The molecule has 0 bridgehead atoms. The Labute approximate surface area is 198 Å². The normalized spacial score (nSPS) is 14.1. The summed E-state index contributed by atoms with van der Waals surface area (Å²) in [5.74, 6) is 0.823. The van der Waals surface area contributed by atoms with Crippen molar-refractivity contribution in [1.29, 1.82) is 0 Å². The van der Waals surface area contributed by atoms with Crippen LogP contribution in [-0.4, -0.2) is 51.9 Å². The van der Waals surface area contributed by atoms with Crippen molar-refractivity contribution in [3.8, 4) is 11.3 Å². The van der Waals surface area contributed by atoms with Crippen LogP contribution in [0, 0.1) is 12.7 Å². The molecule has 1 N–H and O–H groups in total. The van der Waals surface area contributed by atoms with Crippen LogP contribution in [0.25, 0.3) is 22.3 Å². The second kappa shape index (κ2) is 9.63. The van der Waals surface area contributed by atoms with E-state index in [0.29, 0.717) is 19.5 Å². The van der Waals surface area contributed by atoms with Crippen molar-refractivity contribution >= 4 is 22.8 Å². The minimum Gasteiger partial charge on any atom is -0.352 e. The van der Waals surface area contributed by atoms with E-state index >= 15 is 0 Å². The number of fused-ring (bicyclic) bond motifs is 1. The lowest BCUT2D eigenvalue weighted by molar-refractivity contribution is -0.131. The number of nitrogens with zero attached hydrogens (tertiary/aromatic N) is 4. The van der Waals surface area contributed by atoms with Crippen molar-refractivity contribution in [2.75, 3.05) is 31.1 Å². The molecule has 1 aliphatic heterocycles. The van der Waals surface area contributed by atoms with Gasteiger partial charge in [-0.05, 0) is 61.2 Å². The van der Waals surface area contributed by atoms with E-state index in [2.05, 4.69) is 51.0 Å². The van der Waals surface area contributed by atoms with E-state index in [1.54, 1.807) is 18.5 Å². The molecule has 174 valence electrons. The third-order valence-corrected chi connectivity index (χ3v) is 6.47. The average Bonchev–Trinajstić information content (AvgIpc) is 3.30. The predicted molar refractivity (Wildman–Crippen MR) is 132 cm³/mol. The number of halogens is 1. The zero-order valence-corrected chi connectivity index (χ0v) is 19.3. The van der Waals surface area contributed by atoms with E-state index in [-0.39, 0.29) is 11.7 Å². The first-order chi connectivity index (χ1) is 16.6. The Bertz CT molecular complexity index is 1270. The molecule has 4 aromatic rings. The molecule has 2 aromatic carbocycles. The summed E-state index contributed by atoms with van der Waals surface area (Å²) in [6.07, 6.45) is 3.93. The van der Waals surface area contributed by atoms with E-state index < -0.39 is 0 Å². The quantitative estimate of drug-likeness (QED) is 0.454. The second-order valence-electron chi connectivity index (χ2n) is 8.86. The van der Waals surface area contributed by atoms with Gasteiger partial charge in [0.05, 0.1) is 5.39 Å². The predicted octanol–water partition coefficient (Wildman–Crippen LogP) is 4.74. The lowest BCUT2D eigenvalue weighted by Gasteiger charge is -2.35. The first-order valence-corrected chi connectivity index (χ1v) is 11.7. The summed E-state index contributed by atoms with van der Waals surface area (Å²) in [5, 5.41) is 0.930. The molecule has 0 atom stereocenters. The van der Waals surface area contributed by atoms with Gasteiger partial charge in [0, 0.05) is 38.3 Å². The number of amides is 1. The van der Waals surface area contributed by atoms with E-state index in [1.807, 2.05) is 11.0 Å². The SMILES string of the molecule is Cc1ccc(CCCC(=O)N2CCN(c3ncnc4[nH]c(-c5ccc(F)cc5)cc34)CC2)cc1. The zero-order chi connectivity index (χ0) is 23.5. The summed E-state index contributed by atoms with van der Waals surface area (Å²) in [7, 11) is 0. The molecule has 0 unspecified atom stereocenters. The molecule has 1 fully saturated rings. The molecule has 0 aliphatic carbocycles. The summed E-state index contributed by atoms with van der Waals surface area (Å²) in [6, 6.07) is 16.9. The third kappa shape index (κ3) is 4.78. The Morgan fingerprint density at radius 2 is 1.74 bits per heavy atom. The van der Waals surface area contributed by atoms with Gasteiger partial charge in [0.1, 0.15) is 23.6 Å². The lowest BCUT2D eigenvalue weighted by Crippen LogP contribution is -2.49. The largest absolute Gasteiger partial charge is 0.352 e. The Kier molecular flexibility index (Phi) is 6.25. The van der Waals surface area contributed by atoms with Crippen LogP contribution in [0.4, 0.5) is 10.2 Å². The van der Waals surface area contributed by atoms with Gasteiger partial charge in [0.25, 0.3) is 0 Å². The van der Waals surface area contributed by atoms with Gasteiger partial charge < -0.3 is 14.8 Å². The molecular formula is C27H28FN5O. The number of nitrogens with one attached hydrogen (secondary N) is 1. The molecule has 34 heavy (non-hydrogen) atoms. The summed E-state index contributed by atoms with van der Waals surface area (Å²) in [4.78, 5) is 29.1. The molecule has 0 radical (unpaired) electrons. The fraction of sp³-hybridized carbons (Fsp3) is 0.296.